The maximum absolute atomic E-state index is 13.0. The average molecular weight is 463 g/mol. The molecule has 0 bridgehead atoms. The third kappa shape index (κ3) is 4.13. The van der Waals surface area contributed by atoms with Crippen LogP contribution < -0.4 is 5.32 Å². The predicted octanol–water partition coefficient (Wildman–Crippen LogP) is 5.46. The summed E-state index contributed by atoms with van der Waals surface area (Å²) in [5.41, 5.74) is 2.96. The molecule has 7 nitrogen and oxygen atoms in total. The monoisotopic (exact) mass is 462 g/mol. The van der Waals surface area contributed by atoms with E-state index in [1.807, 2.05) is 54.6 Å². The first-order chi connectivity index (χ1) is 14.5. The second kappa shape index (κ2) is 8.30. The van der Waals surface area contributed by atoms with Crippen molar-refractivity contribution in [3.05, 3.63) is 105 Å². The molecular weight excluding hydrogens is 448 g/mol. The van der Waals surface area contributed by atoms with E-state index in [1.54, 1.807) is 10.9 Å². The van der Waals surface area contributed by atoms with Gasteiger partial charge in [-0.3, -0.25) is 14.9 Å². The smallest absolute Gasteiger partial charge is 0.269 e. The molecule has 8 heteroatoms. The fourth-order valence-electron chi connectivity index (χ4n) is 2.94. The lowest BCUT2D eigenvalue weighted by Crippen LogP contribution is -2.12. The fraction of sp³-hybridized carbons (Fsp3) is 0. The van der Waals surface area contributed by atoms with Crippen molar-refractivity contribution in [2.75, 3.05) is 5.32 Å². The summed E-state index contributed by atoms with van der Waals surface area (Å²) >= 11 is 3.41. The molecule has 0 radical (unpaired) electrons. The van der Waals surface area contributed by atoms with Crippen LogP contribution in [0.1, 0.15) is 10.4 Å². The number of anilines is 1. The highest BCUT2D eigenvalue weighted by atomic mass is 79.9. The summed E-state index contributed by atoms with van der Waals surface area (Å²) in [4.78, 5) is 23.4. The Morgan fingerprint density at radius 3 is 2.27 bits per heavy atom. The first kappa shape index (κ1) is 19.5. The number of amides is 1. The minimum atomic E-state index is -0.485. The van der Waals surface area contributed by atoms with Crippen LogP contribution in [-0.4, -0.2) is 20.6 Å². The Bertz CT molecular complexity index is 1200. The predicted molar refractivity (Wildman–Crippen MR) is 118 cm³/mol. The summed E-state index contributed by atoms with van der Waals surface area (Å²) < 4.78 is 2.58. The number of aromatic nitrogens is 2. The van der Waals surface area contributed by atoms with Crippen molar-refractivity contribution < 1.29 is 9.72 Å². The van der Waals surface area contributed by atoms with Crippen LogP contribution in [0.25, 0.3) is 16.9 Å². The van der Waals surface area contributed by atoms with Gasteiger partial charge in [-0.25, -0.2) is 4.68 Å². The maximum Gasteiger partial charge on any atom is 0.269 e. The third-order valence-corrected chi connectivity index (χ3v) is 4.96. The van der Waals surface area contributed by atoms with Gasteiger partial charge in [0.2, 0.25) is 0 Å². The Hall–Kier alpha value is -3.78. The number of benzene rings is 3. The van der Waals surface area contributed by atoms with Crippen molar-refractivity contribution >= 4 is 33.2 Å². The molecule has 30 heavy (non-hydrogen) atoms. The van der Waals surface area contributed by atoms with E-state index in [-0.39, 0.29) is 11.6 Å². The molecule has 1 N–H and O–H groups in total. The van der Waals surface area contributed by atoms with E-state index < -0.39 is 4.92 Å². The Labute approximate surface area is 180 Å². The number of nitro groups is 1. The molecule has 4 aromatic rings. The Morgan fingerprint density at radius 1 is 0.967 bits per heavy atom. The van der Waals surface area contributed by atoms with Crippen LogP contribution in [0, 0.1) is 10.1 Å². The van der Waals surface area contributed by atoms with Crippen LogP contribution in [0.4, 0.5) is 11.4 Å². The van der Waals surface area contributed by atoms with Crippen molar-refractivity contribution in [1.29, 1.82) is 0 Å². The molecule has 0 aliphatic heterocycles. The van der Waals surface area contributed by atoms with Gasteiger partial charge in [-0.2, -0.15) is 5.10 Å². The number of hydrogen-bond acceptors (Lipinski definition) is 4. The summed E-state index contributed by atoms with van der Waals surface area (Å²) in [5.74, 6) is -0.357. The van der Waals surface area contributed by atoms with Gasteiger partial charge in [0, 0.05) is 34.1 Å². The van der Waals surface area contributed by atoms with Gasteiger partial charge in [-0.1, -0.05) is 46.3 Å². The summed E-state index contributed by atoms with van der Waals surface area (Å²) in [6, 6.07) is 22.7. The number of para-hydroxylation sites is 1. The standard InChI is InChI=1S/C22H15BrN4O3/c23-16-8-6-15(7-9-16)21-20(14-26(25-21)18-4-2-1-3-5-18)22(28)24-17-10-12-19(13-11-17)27(29)30/h1-14H,(H,24,28). The second-order valence-corrected chi connectivity index (χ2v) is 7.35. The number of non-ortho nitro benzene ring substituents is 1. The van der Waals surface area contributed by atoms with Crippen LogP contribution in [0.5, 0.6) is 0 Å². The first-order valence-electron chi connectivity index (χ1n) is 8.98. The molecule has 0 saturated carbocycles. The van der Waals surface area contributed by atoms with E-state index in [9.17, 15) is 14.9 Å². The van der Waals surface area contributed by atoms with Crippen molar-refractivity contribution in [2.24, 2.45) is 0 Å². The molecule has 1 aromatic heterocycles. The van der Waals surface area contributed by atoms with Crippen LogP contribution in [-0.2, 0) is 0 Å². The average Bonchev–Trinajstić information content (AvgIpc) is 3.21. The number of halogens is 1. The highest BCUT2D eigenvalue weighted by Crippen LogP contribution is 2.26. The molecule has 0 fully saturated rings. The highest BCUT2D eigenvalue weighted by Gasteiger charge is 2.19. The third-order valence-electron chi connectivity index (χ3n) is 4.43. The molecule has 0 aliphatic carbocycles. The minimum Gasteiger partial charge on any atom is -0.322 e. The lowest BCUT2D eigenvalue weighted by atomic mass is 10.1. The number of hydrogen-bond donors (Lipinski definition) is 1. The Morgan fingerprint density at radius 2 is 1.63 bits per heavy atom. The molecule has 148 valence electrons. The van der Waals surface area contributed by atoms with Gasteiger partial charge >= 0.3 is 0 Å². The maximum atomic E-state index is 13.0. The number of nitro benzene ring substituents is 1. The zero-order valence-corrected chi connectivity index (χ0v) is 17.1. The zero-order valence-electron chi connectivity index (χ0n) is 15.5. The van der Waals surface area contributed by atoms with Gasteiger partial charge < -0.3 is 5.32 Å². The zero-order chi connectivity index (χ0) is 21.1. The summed E-state index contributed by atoms with van der Waals surface area (Å²) in [7, 11) is 0. The normalized spacial score (nSPS) is 10.6. The van der Waals surface area contributed by atoms with E-state index in [0.717, 1.165) is 15.7 Å². The lowest BCUT2D eigenvalue weighted by Gasteiger charge is -2.05. The molecular formula is C22H15BrN4O3. The van der Waals surface area contributed by atoms with E-state index in [1.165, 1.54) is 24.3 Å². The van der Waals surface area contributed by atoms with E-state index >= 15 is 0 Å². The van der Waals surface area contributed by atoms with Gasteiger partial charge in [-0.15, -0.1) is 0 Å². The van der Waals surface area contributed by atoms with Gasteiger partial charge in [0.15, 0.2) is 0 Å². The number of nitrogens with zero attached hydrogens (tertiary/aromatic N) is 3. The molecule has 0 unspecified atom stereocenters. The molecule has 0 aliphatic rings. The van der Waals surface area contributed by atoms with Crippen LogP contribution in [0.3, 0.4) is 0 Å². The van der Waals surface area contributed by atoms with Gasteiger partial charge in [-0.05, 0) is 36.4 Å². The number of rotatable bonds is 5. The van der Waals surface area contributed by atoms with Crippen LogP contribution >= 0.6 is 15.9 Å². The Balaban J connectivity index is 1.71. The van der Waals surface area contributed by atoms with Crippen LogP contribution in [0.15, 0.2) is 89.5 Å². The molecule has 0 atom stereocenters. The van der Waals surface area contributed by atoms with Crippen molar-refractivity contribution in [2.45, 2.75) is 0 Å². The molecule has 0 saturated heterocycles. The van der Waals surface area contributed by atoms with Gasteiger partial charge in [0.05, 0.1) is 16.2 Å². The van der Waals surface area contributed by atoms with Crippen molar-refractivity contribution in [1.82, 2.24) is 9.78 Å². The summed E-state index contributed by atoms with van der Waals surface area (Å²) in [6.07, 6.45) is 1.67. The molecule has 0 spiro atoms. The molecule has 3 aromatic carbocycles. The van der Waals surface area contributed by atoms with Gasteiger partial charge in [0.25, 0.3) is 11.6 Å². The van der Waals surface area contributed by atoms with E-state index in [2.05, 4.69) is 26.3 Å². The molecule has 1 heterocycles. The highest BCUT2D eigenvalue weighted by molar-refractivity contribution is 9.10. The summed E-state index contributed by atoms with van der Waals surface area (Å²) in [6.45, 7) is 0. The van der Waals surface area contributed by atoms with E-state index in [4.69, 9.17) is 0 Å². The first-order valence-corrected chi connectivity index (χ1v) is 9.77. The van der Waals surface area contributed by atoms with Gasteiger partial charge in [0.1, 0.15) is 5.69 Å². The SMILES string of the molecule is O=C(Nc1ccc([N+](=O)[O-])cc1)c1cn(-c2ccccc2)nc1-c1ccc(Br)cc1. The molecule has 1 amide bonds. The number of carbonyl (C=O) groups excluding carboxylic acids is 1. The lowest BCUT2D eigenvalue weighted by molar-refractivity contribution is -0.384. The topological polar surface area (TPSA) is 90.1 Å². The minimum absolute atomic E-state index is 0.0413. The van der Waals surface area contributed by atoms with Crippen molar-refractivity contribution in [3.8, 4) is 16.9 Å². The Kier molecular flexibility index (Phi) is 5.40. The second-order valence-electron chi connectivity index (χ2n) is 6.44. The van der Waals surface area contributed by atoms with E-state index in [0.29, 0.717) is 16.9 Å². The fourth-order valence-corrected chi connectivity index (χ4v) is 3.20. The largest absolute Gasteiger partial charge is 0.322 e. The van der Waals surface area contributed by atoms with Crippen LogP contribution in [0.2, 0.25) is 0 Å². The van der Waals surface area contributed by atoms with Crippen molar-refractivity contribution in [3.63, 3.8) is 0 Å². The quantitative estimate of drug-likeness (QED) is 0.314. The molecule has 4 rings (SSSR count). The number of carbonyl (C=O) groups is 1. The number of nitrogens with one attached hydrogen (secondary N) is 1. The summed E-state index contributed by atoms with van der Waals surface area (Å²) in [5, 5.41) is 18.2.